The molecular formula is C24H40O. The highest BCUT2D eigenvalue weighted by Gasteiger charge is 2.21. The van der Waals surface area contributed by atoms with Crippen LogP contribution in [0.1, 0.15) is 95.6 Å². The van der Waals surface area contributed by atoms with Crippen LogP contribution in [-0.2, 0) is 6.42 Å². The number of hydrogen-bond donors (Lipinski definition) is 0. The molecule has 1 heteroatoms. The molecule has 0 N–H and O–H groups in total. The van der Waals surface area contributed by atoms with E-state index in [1.165, 1.54) is 88.2 Å². The molecule has 1 saturated carbocycles. The Balaban J connectivity index is 1.68. The maximum Gasteiger partial charge on any atom is 0.119 e. The summed E-state index contributed by atoms with van der Waals surface area (Å²) in [5.41, 5.74) is 2.89. The molecule has 1 aliphatic carbocycles. The zero-order valence-corrected chi connectivity index (χ0v) is 17.0. The van der Waals surface area contributed by atoms with Gasteiger partial charge in [-0.05, 0) is 67.7 Å². The fourth-order valence-corrected chi connectivity index (χ4v) is 4.19. The quantitative estimate of drug-likeness (QED) is 0.378. The minimum absolute atomic E-state index is 0.770. The second-order valence-electron chi connectivity index (χ2n) is 8.24. The Labute approximate surface area is 156 Å². The molecule has 0 heterocycles. The van der Waals surface area contributed by atoms with Crippen molar-refractivity contribution in [1.82, 2.24) is 0 Å². The third-order valence-electron chi connectivity index (χ3n) is 6.03. The van der Waals surface area contributed by atoms with Crippen LogP contribution in [0, 0.1) is 18.8 Å². The average Bonchev–Trinajstić information content (AvgIpc) is 2.63. The smallest absolute Gasteiger partial charge is 0.119 e. The minimum Gasteiger partial charge on any atom is -0.493 e. The van der Waals surface area contributed by atoms with E-state index in [1.54, 1.807) is 0 Å². The lowest BCUT2D eigenvalue weighted by Crippen LogP contribution is -2.20. The summed E-state index contributed by atoms with van der Waals surface area (Å²) >= 11 is 0. The molecule has 2 rings (SSSR count). The van der Waals surface area contributed by atoms with Crippen molar-refractivity contribution < 1.29 is 4.74 Å². The van der Waals surface area contributed by atoms with Gasteiger partial charge in [-0.15, -0.1) is 0 Å². The van der Waals surface area contributed by atoms with Gasteiger partial charge in [-0.3, -0.25) is 0 Å². The summed E-state index contributed by atoms with van der Waals surface area (Å²) in [4.78, 5) is 0. The summed E-state index contributed by atoms with van der Waals surface area (Å²) in [6.07, 6.45) is 16.4. The molecule has 0 radical (unpaired) electrons. The molecule has 0 aliphatic heterocycles. The first-order valence-corrected chi connectivity index (χ1v) is 10.9. The van der Waals surface area contributed by atoms with Gasteiger partial charge in [0.15, 0.2) is 0 Å². The number of benzene rings is 1. The Hall–Kier alpha value is -0.980. The summed E-state index contributed by atoms with van der Waals surface area (Å²) < 4.78 is 6.14. The van der Waals surface area contributed by atoms with Crippen LogP contribution in [0.15, 0.2) is 18.2 Å². The van der Waals surface area contributed by atoms with Crippen molar-refractivity contribution in [2.75, 3.05) is 6.61 Å². The molecule has 1 nitrogen and oxygen atoms in total. The zero-order chi connectivity index (χ0) is 17.9. The van der Waals surface area contributed by atoms with Gasteiger partial charge in [0.25, 0.3) is 0 Å². The Bertz CT molecular complexity index is 471. The predicted molar refractivity (Wildman–Crippen MR) is 109 cm³/mol. The first-order chi connectivity index (χ1) is 12.2. The zero-order valence-electron chi connectivity index (χ0n) is 17.0. The van der Waals surface area contributed by atoms with Crippen LogP contribution < -0.4 is 4.74 Å². The largest absolute Gasteiger partial charge is 0.493 e. The van der Waals surface area contributed by atoms with E-state index in [0.717, 1.165) is 24.2 Å². The first-order valence-electron chi connectivity index (χ1n) is 10.9. The minimum atomic E-state index is 0.770. The topological polar surface area (TPSA) is 9.23 Å². The van der Waals surface area contributed by atoms with Gasteiger partial charge < -0.3 is 4.74 Å². The lowest BCUT2D eigenvalue weighted by atomic mass is 9.80. The van der Waals surface area contributed by atoms with Gasteiger partial charge in [0, 0.05) is 0 Å². The van der Waals surface area contributed by atoms with Crippen molar-refractivity contribution in [1.29, 1.82) is 0 Å². The van der Waals surface area contributed by atoms with Crippen molar-refractivity contribution in [2.24, 2.45) is 11.8 Å². The normalized spacial score (nSPS) is 20.6. The SMILES string of the molecule is CCCCCc1ccc(OCC2CCC(CCCCC)CC2)cc1C. The third-order valence-corrected chi connectivity index (χ3v) is 6.03. The maximum atomic E-state index is 6.14. The monoisotopic (exact) mass is 344 g/mol. The molecule has 0 aromatic heterocycles. The van der Waals surface area contributed by atoms with Crippen LogP contribution in [0.4, 0.5) is 0 Å². The molecule has 0 spiro atoms. The molecule has 142 valence electrons. The van der Waals surface area contributed by atoms with E-state index in [2.05, 4.69) is 39.0 Å². The Morgan fingerprint density at radius 1 is 0.880 bits per heavy atom. The molecule has 0 bridgehead atoms. The average molecular weight is 345 g/mol. The number of hydrogen-bond acceptors (Lipinski definition) is 1. The van der Waals surface area contributed by atoms with Crippen molar-refractivity contribution in [3.8, 4) is 5.75 Å². The second kappa shape index (κ2) is 11.6. The maximum absolute atomic E-state index is 6.14. The number of unbranched alkanes of at least 4 members (excludes halogenated alkanes) is 4. The molecule has 1 aliphatic rings. The second-order valence-corrected chi connectivity index (χ2v) is 8.24. The van der Waals surface area contributed by atoms with Crippen LogP contribution >= 0.6 is 0 Å². The van der Waals surface area contributed by atoms with Crippen LogP contribution in [0.25, 0.3) is 0 Å². The Morgan fingerprint density at radius 2 is 1.56 bits per heavy atom. The van der Waals surface area contributed by atoms with Crippen molar-refractivity contribution in [2.45, 2.75) is 97.8 Å². The van der Waals surface area contributed by atoms with Gasteiger partial charge >= 0.3 is 0 Å². The van der Waals surface area contributed by atoms with Gasteiger partial charge in [0.05, 0.1) is 6.61 Å². The highest BCUT2D eigenvalue weighted by Crippen LogP contribution is 2.32. The summed E-state index contributed by atoms with van der Waals surface area (Å²) in [6.45, 7) is 7.71. The van der Waals surface area contributed by atoms with Gasteiger partial charge in [0.1, 0.15) is 5.75 Å². The molecule has 25 heavy (non-hydrogen) atoms. The third kappa shape index (κ3) is 7.42. The molecule has 0 unspecified atom stereocenters. The van der Waals surface area contributed by atoms with Crippen molar-refractivity contribution >= 4 is 0 Å². The molecular weight excluding hydrogens is 304 g/mol. The summed E-state index contributed by atoms with van der Waals surface area (Å²) in [6, 6.07) is 6.72. The number of rotatable bonds is 11. The lowest BCUT2D eigenvalue weighted by molar-refractivity contribution is 0.177. The molecule has 0 saturated heterocycles. The first kappa shape index (κ1) is 20.3. The van der Waals surface area contributed by atoms with E-state index >= 15 is 0 Å². The van der Waals surface area contributed by atoms with Crippen molar-refractivity contribution in [3.63, 3.8) is 0 Å². The van der Waals surface area contributed by atoms with Crippen molar-refractivity contribution in [3.05, 3.63) is 29.3 Å². The summed E-state index contributed by atoms with van der Waals surface area (Å²) in [7, 11) is 0. The lowest BCUT2D eigenvalue weighted by Gasteiger charge is -2.28. The van der Waals surface area contributed by atoms with Crippen LogP contribution in [0.2, 0.25) is 0 Å². The molecule has 1 fully saturated rings. The van der Waals surface area contributed by atoms with E-state index in [0.29, 0.717) is 0 Å². The van der Waals surface area contributed by atoms with E-state index in [1.807, 2.05) is 0 Å². The van der Waals surface area contributed by atoms with E-state index in [9.17, 15) is 0 Å². The van der Waals surface area contributed by atoms with E-state index in [-0.39, 0.29) is 0 Å². The van der Waals surface area contributed by atoms with E-state index in [4.69, 9.17) is 4.74 Å². The van der Waals surface area contributed by atoms with E-state index < -0.39 is 0 Å². The van der Waals surface area contributed by atoms with Crippen LogP contribution in [-0.4, -0.2) is 6.61 Å². The fraction of sp³-hybridized carbons (Fsp3) is 0.750. The standard InChI is InChI=1S/C24H40O/c1-4-6-8-10-21-12-14-22(15-13-21)19-25-24-17-16-23(20(3)18-24)11-9-7-5-2/h16-18,21-22H,4-15,19H2,1-3H3. The van der Waals surface area contributed by atoms with Crippen LogP contribution in [0.3, 0.4) is 0 Å². The molecule has 0 amide bonds. The number of ether oxygens (including phenoxy) is 1. The molecule has 1 aromatic rings. The Kier molecular flexibility index (Phi) is 9.43. The van der Waals surface area contributed by atoms with Gasteiger partial charge in [-0.1, -0.05) is 71.3 Å². The summed E-state index contributed by atoms with van der Waals surface area (Å²) in [5, 5.41) is 0. The van der Waals surface area contributed by atoms with Gasteiger partial charge in [-0.25, -0.2) is 0 Å². The molecule has 1 aromatic carbocycles. The predicted octanol–water partition coefficient (Wildman–Crippen LogP) is 7.49. The highest BCUT2D eigenvalue weighted by atomic mass is 16.5. The van der Waals surface area contributed by atoms with Gasteiger partial charge in [0.2, 0.25) is 0 Å². The number of aryl methyl sites for hydroxylation is 2. The highest BCUT2D eigenvalue weighted by molar-refractivity contribution is 5.34. The summed E-state index contributed by atoms with van der Waals surface area (Å²) in [5.74, 6) is 2.83. The van der Waals surface area contributed by atoms with Crippen LogP contribution in [0.5, 0.6) is 5.75 Å². The van der Waals surface area contributed by atoms with Gasteiger partial charge in [-0.2, -0.15) is 0 Å². The Morgan fingerprint density at radius 3 is 2.24 bits per heavy atom. The molecule has 0 atom stereocenters. The fourth-order valence-electron chi connectivity index (χ4n) is 4.19.